The van der Waals surface area contributed by atoms with Crippen LogP contribution >= 0.6 is 11.6 Å². The fourth-order valence-electron chi connectivity index (χ4n) is 2.62. The number of fused-ring (bicyclic) bond motifs is 1. The molecule has 0 fully saturated rings. The second-order valence-electron chi connectivity index (χ2n) is 5.51. The third kappa shape index (κ3) is 3.22. The van der Waals surface area contributed by atoms with Crippen LogP contribution in [0.2, 0.25) is 5.02 Å². The number of hydrogen-bond donors (Lipinski definition) is 1. The Bertz CT molecular complexity index is 931. The van der Waals surface area contributed by atoms with Crippen LogP contribution in [0.3, 0.4) is 0 Å². The molecule has 0 atom stereocenters. The van der Waals surface area contributed by atoms with E-state index in [0.717, 1.165) is 17.9 Å². The normalized spacial score (nSPS) is 13.7. The molecule has 1 N–H and O–H groups in total. The Morgan fingerprint density at radius 1 is 1.25 bits per heavy atom. The van der Waals surface area contributed by atoms with E-state index in [0.29, 0.717) is 24.2 Å². The molecule has 1 heterocycles. The molecule has 0 saturated carbocycles. The summed E-state index contributed by atoms with van der Waals surface area (Å²) in [7, 11) is -3.39. The van der Waals surface area contributed by atoms with Crippen molar-refractivity contribution < 1.29 is 17.6 Å². The van der Waals surface area contributed by atoms with Gasteiger partial charge in [0.15, 0.2) is 0 Å². The van der Waals surface area contributed by atoms with Gasteiger partial charge in [-0.2, -0.15) is 0 Å². The summed E-state index contributed by atoms with van der Waals surface area (Å²) < 4.78 is 38.0. The quantitative estimate of drug-likeness (QED) is 0.905. The predicted molar refractivity (Wildman–Crippen MR) is 91.7 cm³/mol. The summed E-state index contributed by atoms with van der Waals surface area (Å²) in [4.78, 5) is 12.4. The van der Waals surface area contributed by atoms with Crippen LogP contribution in [0.1, 0.15) is 15.9 Å². The summed E-state index contributed by atoms with van der Waals surface area (Å²) in [6.45, 7) is 0.364. The van der Waals surface area contributed by atoms with Gasteiger partial charge < -0.3 is 5.32 Å². The third-order valence-corrected chi connectivity index (χ3v) is 5.27. The topological polar surface area (TPSA) is 66.5 Å². The number of carbonyl (C=O) groups excluding carboxylic acids is 1. The van der Waals surface area contributed by atoms with Gasteiger partial charge in [0.2, 0.25) is 10.0 Å². The minimum Gasteiger partial charge on any atom is -0.321 e. The molecule has 0 saturated heterocycles. The molecular weight excluding hydrogens is 355 g/mol. The van der Waals surface area contributed by atoms with E-state index < -0.39 is 21.7 Å². The highest BCUT2D eigenvalue weighted by molar-refractivity contribution is 7.92. The van der Waals surface area contributed by atoms with Crippen molar-refractivity contribution >= 4 is 38.9 Å². The van der Waals surface area contributed by atoms with Gasteiger partial charge in [-0.05, 0) is 42.3 Å². The number of rotatable bonds is 3. The zero-order valence-corrected chi connectivity index (χ0v) is 14.3. The first-order valence-electron chi connectivity index (χ1n) is 7.13. The van der Waals surface area contributed by atoms with E-state index in [4.69, 9.17) is 11.6 Å². The average molecular weight is 369 g/mol. The fourth-order valence-corrected chi connectivity index (χ4v) is 3.79. The Hall–Kier alpha value is -2.12. The SMILES string of the molecule is CS(=O)(=O)N1CCc2ccc(C(=O)Nc3ccc(F)cc3Cl)cc21. The Kier molecular flexibility index (Phi) is 4.23. The monoisotopic (exact) mass is 368 g/mol. The van der Waals surface area contributed by atoms with E-state index in [1.54, 1.807) is 12.1 Å². The number of carbonyl (C=O) groups is 1. The smallest absolute Gasteiger partial charge is 0.255 e. The van der Waals surface area contributed by atoms with E-state index in [-0.39, 0.29) is 10.7 Å². The second kappa shape index (κ2) is 6.07. The number of hydrogen-bond acceptors (Lipinski definition) is 3. The Morgan fingerprint density at radius 2 is 2.00 bits per heavy atom. The number of nitrogens with one attached hydrogen (secondary N) is 1. The molecule has 1 aliphatic rings. The lowest BCUT2D eigenvalue weighted by atomic mass is 10.1. The van der Waals surface area contributed by atoms with Crippen LogP contribution in [0.25, 0.3) is 0 Å². The maximum atomic E-state index is 13.1. The van der Waals surface area contributed by atoms with Crippen LogP contribution in [-0.4, -0.2) is 27.1 Å². The van der Waals surface area contributed by atoms with Gasteiger partial charge in [0.05, 0.1) is 22.7 Å². The molecule has 3 rings (SSSR count). The Labute approximate surface area is 144 Å². The lowest BCUT2D eigenvalue weighted by Gasteiger charge is -2.17. The van der Waals surface area contributed by atoms with Crippen LogP contribution < -0.4 is 9.62 Å². The molecule has 0 radical (unpaired) electrons. The molecule has 0 aliphatic carbocycles. The highest BCUT2D eigenvalue weighted by atomic mass is 35.5. The van der Waals surface area contributed by atoms with Crippen LogP contribution in [0.15, 0.2) is 36.4 Å². The zero-order chi connectivity index (χ0) is 17.5. The van der Waals surface area contributed by atoms with E-state index in [2.05, 4.69) is 5.32 Å². The standard InChI is InChI=1S/C16H14ClFN2O3S/c1-24(22,23)20-7-6-10-2-3-11(8-15(10)20)16(21)19-14-5-4-12(18)9-13(14)17/h2-5,8-9H,6-7H2,1H3,(H,19,21). The second-order valence-corrected chi connectivity index (χ2v) is 7.82. The zero-order valence-electron chi connectivity index (χ0n) is 12.7. The summed E-state index contributed by atoms with van der Waals surface area (Å²) >= 11 is 5.90. The predicted octanol–water partition coefficient (Wildman–Crippen LogP) is 3.05. The van der Waals surface area contributed by atoms with E-state index in [1.165, 1.54) is 22.5 Å². The number of benzene rings is 2. The van der Waals surface area contributed by atoms with Gasteiger partial charge >= 0.3 is 0 Å². The highest BCUT2D eigenvalue weighted by Crippen LogP contribution is 2.31. The van der Waals surface area contributed by atoms with Gasteiger partial charge in [0.25, 0.3) is 5.91 Å². The molecule has 8 heteroatoms. The first-order chi connectivity index (χ1) is 11.3. The van der Waals surface area contributed by atoms with Crippen LogP contribution in [-0.2, 0) is 16.4 Å². The largest absolute Gasteiger partial charge is 0.321 e. The van der Waals surface area contributed by atoms with Crippen molar-refractivity contribution in [3.63, 3.8) is 0 Å². The van der Waals surface area contributed by atoms with Crippen molar-refractivity contribution in [3.05, 3.63) is 58.4 Å². The number of anilines is 2. The van der Waals surface area contributed by atoms with Crippen molar-refractivity contribution in [2.24, 2.45) is 0 Å². The Morgan fingerprint density at radius 3 is 2.67 bits per heavy atom. The molecular formula is C16H14ClFN2O3S. The van der Waals surface area contributed by atoms with Crippen LogP contribution in [0.4, 0.5) is 15.8 Å². The third-order valence-electron chi connectivity index (χ3n) is 3.78. The lowest BCUT2D eigenvalue weighted by Crippen LogP contribution is -2.27. The van der Waals surface area contributed by atoms with Crippen molar-refractivity contribution in [3.8, 4) is 0 Å². The Balaban J connectivity index is 1.89. The summed E-state index contributed by atoms with van der Waals surface area (Å²) in [6, 6.07) is 8.56. The number of sulfonamides is 1. The van der Waals surface area contributed by atoms with Gasteiger partial charge in [-0.25, -0.2) is 12.8 Å². The lowest BCUT2D eigenvalue weighted by molar-refractivity contribution is 0.102. The first-order valence-corrected chi connectivity index (χ1v) is 9.35. The van der Waals surface area contributed by atoms with Gasteiger partial charge in [-0.1, -0.05) is 17.7 Å². The molecule has 0 bridgehead atoms. The number of nitrogens with zero attached hydrogens (tertiary/aromatic N) is 1. The minimum absolute atomic E-state index is 0.0854. The molecule has 0 unspecified atom stereocenters. The van der Waals surface area contributed by atoms with Crippen molar-refractivity contribution in [1.82, 2.24) is 0 Å². The van der Waals surface area contributed by atoms with Gasteiger partial charge in [0.1, 0.15) is 5.82 Å². The van der Waals surface area contributed by atoms with Crippen molar-refractivity contribution in [2.45, 2.75) is 6.42 Å². The molecule has 24 heavy (non-hydrogen) atoms. The van der Waals surface area contributed by atoms with Gasteiger partial charge in [-0.3, -0.25) is 9.10 Å². The molecule has 2 aromatic carbocycles. The highest BCUT2D eigenvalue weighted by Gasteiger charge is 2.27. The van der Waals surface area contributed by atoms with Crippen LogP contribution in [0.5, 0.6) is 0 Å². The first kappa shape index (κ1) is 16.7. The van der Waals surface area contributed by atoms with Crippen molar-refractivity contribution in [1.29, 1.82) is 0 Å². The molecule has 1 amide bonds. The summed E-state index contributed by atoms with van der Waals surface area (Å²) in [6.07, 6.45) is 1.74. The molecule has 2 aromatic rings. The van der Waals surface area contributed by atoms with E-state index in [1.807, 2.05) is 0 Å². The van der Waals surface area contributed by atoms with E-state index in [9.17, 15) is 17.6 Å². The van der Waals surface area contributed by atoms with E-state index >= 15 is 0 Å². The minimum atomic E-state index is -3.39. The van der Waals surface area contributed by atoms with Gasteiger partial charge in [-0.15, -0.1) is 0 Å². The molecule has 126 valence electrons. The summed E-state index contributed by atoms with van der Waals surface area (Å²) in [5, 5.41) is 2.68. The summed E-state index contributed by atoms with van der Waals surface area (Å²) in [5.41, 5.74) is 1.96. The maximum absolute atomic E-state index is 13.1. The average Bonchev–Trinajstić information content (AvgIpc) is 2.93. The summed E-state index contributed by atoms with van der Waals surface area (Å²) in [5.74, 6) is -0.953. The molecule has 1 aliphatic heterocycles. The van der Waals surface area contributed by atoms with Crippen molar-refractivity contribution in [2.75, 3.05) is 22.4 Å². The van der Waals surface area contributed by atoms with Crippen LogP contribution in [0, 0.1) is 5.82 Å². The molecule has 0 spiro atoms. The van der Waals surface area contributed by atoms with Gasteiger partial charge in [0, 0.05) is 12.1 Å². The number of amides is 1. The molecule has 0 aromatic heterocycles. The fraction of sp³-hybridized carbons (Fsp3) is 0.188. The number of halogens is 2. The molecule has 5 nitrogen and oxygen atoms in total. The maximum Gasteiger partial charge on any atom is 0.255 e.